The highest BCUT2D eigenvalue weighted by Gasteiger charge is 2.14. The van der Waals surface area contributed by atoms with Crippen LogP contribution in [0, 0.1) is 0 Å². The summed E-state index contributed by atoms with van der Waals surface area (Å²) in [6, 6.07) is 7.38. The van der Waals surface area contributed by atoms with Crippen molar-refractivity contribution >= 4 is 23.5 Å². The predicted molar refractivity (Wildman–Crippen MR) is 87.9 cm³/mol. The number of Topliss-reactive ketones (excluding diaryl/α,β-unsaturated/α-hetero) is 1. The van der Waals surface area contributed by atoms with Gasteiger partial charge in [0.15, 0.2) is 0 Å². The molecule has 0 aliphatic rings. The molecule has 0 amide bonds. The quantitative estimate of drug-likeness (QED) is 0.563. The Labute approximate surface area is 131 Å². The number of carbonyl (C=O) groups is 2. The molecule has 1 aromatic rings. The van der Waals surface area contributed by atoms with E-state index in [2.05, 4.69) is 20.8 Å². The molecule has 4 heteroatoms. The summed E-state index contributed by atoms with van der Waals surface area (Å²) in [7, 11) is 0. The van der Waals surface area contributed by atoms with Crippen molar-refractivity contribution in [1.82, 2.24) is 0 Å². The van der Waals surface area contributed by atoms with Crippen LogP contribution in [0.15, 0.2) is 24.3 Å². The smallest absolute Gasteiger partial charge is 0.321 e. The summed E-state index contributed by atoms with van der Waals surface area (Å²) in [5.74, 6) is 0.935. The lowest BCUT2D eigenvalue weighted by Crippen LogP contribution is -2.16. The average Bonchev–Trinajstić information content (AvgIpc) is 2.43. The minimum Gasteiger partial charge on any atom is -0.426 e. The molecule has 0 aliphatic carbocycles. The maximum Gasteiger partial charge on any atom is 0.321 e. The maximum absolute atomic E-state index is 11.7. The lowest BCUT2D eigenvalue weighted by atomic mass is 10.1. The monoisotopic (exact) mass is 308 g/mol. The van der Waals surface area contributed by atoms with Crippen molar-refractivity contribution < 1.29 is 14.3 Å². The van der Waals surface area contributed by atoms with E-state index in [1.54, 1.807) is 23.9 Å². The minimum absolute atomic E-state index is 0.0503. The van der Waals surface area contributed by atoms with E-state index in [0.29, 0.717) is 24.3 Å². The minimum atomic E-state index is -0.233. The van der Waals surface area contributed by atoms with E-state index in [9.17, 15) is 9.59 Å². The van der Waals surface area contributed by atoms with Gasteiger partial charge in [0.1, 0.15) is 11.5 Å². The molecule has 21 heavy (non-hydrogen) atoms. The topological polar surface area (TPSA) is 43.4 Å². The molecule has 0 atom stereocenters. The molecular weight excluding hydrogens is 284 g/mol. The van der Waals surface area contributed by atoms with Gasteiger partial charge in [-0.15, -0.1) is 11.8 Å². The Morgan fingerprint density at radius 3 is 2.29 bits per heavy atom. The van der Waals surface area contributed by atoms with E-state index < -0.39 is 0 Å². The van der Waals surface area contributed by atoms with E-state index in [4.69, 9.17) is 4.74 Å². The third-order valence-corrected chi connectivity index (χ3v) is 4.11. The molecule has 0 bridgehead atoms. The van der Waals surface area contributed by atoms with Crippen LogP contribution < -0.4 is 4.74 Å². The number of ether oxygens (including phenoxy) is 1. The number of rotatable bonds is 7. The van der Waals surface area contributed by atoms with Gasteiger partial charge in [-0.2, -0.15) is 0 Å². The first-order chi connectivity index (χ1) is 9.80. The molecule has 3 nitrogen and oxygen atoms in total. The molecule has 1 aromatic carbocycles. The average molecular weight is 308 g/mol. The van der Waals surface area contributed by atoms with Crippen LogP contribution in [-0.2, 0) is 16.0 Å². The molecule has 0 heterocycles. The highest BCUT2D eigenvalue weighted by Crippen LogP contribution is 2.23. The molecule has 0 aliphatic heterocycles. The first-order valence-electron chi connectivity index (χ1n) is 7.25. The predicted octanol–water partition coefficient (Wildman–Crippen LogP) is 4.04. The molecule has 0 saturated carbocycles. The van der Waals surface area contributed by atoms with Gasteiger partial charge >= 0.3 is 5.97 Å². The fraction of sp³-hybridized carbons (Fsp3) is 0.529. The first kappa shape index (κ1) is 17.8. The van der Waals surface area contributed by atoms with Crippen molar-refractivity contribution in [2.45, 2.75) is 51.7 Å². The summed E-state index contributed by atoms with van der Waals surface area (Å²) in [5.41, 5.74) is 1.08. The number of hydrogen-bond acceptors (Lipinski definition) is 4. The molecule has 0 radical (unpaired) electrons. The fourth-order valence-electron chi connectivity index (χ4n) is 1.62. The SMILES string of the molecule is CCC(=O)CCc1ccc(OC(=O)CSC(C)(C)C)cc1. The number of hydrogen-bond donors (Lipinski definition) is 0. The van der Waals surface area contributed by atoms with E-state index in [1.165, 1.54) is 0 Å². The Bertz CT molecular complexity index is 472. The van der Waals surface area contributed by atoms with Gasteiger partial charge in [0.05, 0.1) is 5.75 Å². The van der Waals surface area contributed by atoms with Gasteiger partial charge in [-0.05, 0) is 24.1 Å². The molecule has 0 spiro atoms. The standard InChI is InChI=1S/C17H24O3S/c1-5-14(18)9-6-13-7-10-15(11-8-13)20-16(19)12-21-17(2,3)4/h7-8,10-11H,5-6,9,12H2,1-4H3. The van der Waals surface area contributed by atoms with E-state index in [-0.39, 0.29) is 16.5 Å². The summed E-state index contributed by atoms with van der Waals surface area (Å²) in [5, 5.41) is 0. The summed E-state index contributed by atoms with van der Waals surface area (Å²) < 4.78 is 5.34. The number of aryl methyl sites for hydroxylation is 1. The highest BCUT2D eigenvalue weighted by atomic mass is 32.2. The zero-order valence-corrected chi connectivity index (χ0v) is 14.1. The van der Waals surface area contributed by atoms with Gasteiger partial charge in [0, 0.05) is 17.6 Å². The van der Waals surface area contributed by atoms with E-state index in [0.717, 1.165) is 12.0 Å². The van der Waals surface area contributed by atoms with Crippen molar-refractivity contribution in [1.29, 1.82) is 0 Å². The van der Waals surface area contributed by atoms with Crippen molar-refractivity contribution in [3.8, 4) is 5.75 Å². The van der Waals surface area contributed by atoms with Gasteiger partial charge in [-0.25, -0.2) is 0 Å². The summed E-state index contributed by atoms with van der Waals surface area (Å²) >= 11 is 1.57. The number of benzene rings is 1. The summed E-state index contributed by atoms with van der Waals surface area (Å²) in [6.45, 7) is 8.08. The lowest BCUT2D eigenvalue weighted by molar-refractivity contribution is -0.131. The Kier molecular flexibility index (Phi) is 6.96. The molecule has 116 valence electrons. The number of ketones is 1. The third kappa shape index (κ3) is 7.90. The van der Waals surface area contributed by atoms with Gasteiger partial charge in [-0.3, -0.25) is 9.59 Å². The van der Waals surface area contributed by atoms with Gasteiger partial charge in [0.25, 0.3) is 0 Å². The summed E-state index contributed by atoms with van der Waals surface area (Å²) in [6.07, 6.45) is 1.89. The van der Waals surface area contributed by atoms with E-state index >= 15 is 0 Å². The van der Waals surface area contributed by atoms with Gasteiger partial charge < -0.3 is 4.74 Å². The van der Waals surface area contributed by atoms with Crippen molar-refractivity contribution in [2.24, 2.45) is 0 Å². The van der Waals surface area contributed by atoms with Crippen molar-refractivity contribution in [2.75, 3.05) is 5.75 Å². The first-order valence-corrected chi connectivity index (χ1v) is 8.24. The molecular formula is C17H24O3S. The number of esters is 1. The highest BCUT2D eigenvalue weighted by molar-refractivity contribution is 8.01. The Hall–Kier alpha value is -1.29. The van der Waals surface area contributed by atoms with Crippen molar-refractivity contribution in [3.63, 3.8) is 0 Å². The molecule has 0 N–H and O–H groups in total. The van der Waals surface area contributed by atoms with Crippen LogP contribution in [0.3, 0.4) is 0 Å². The second-order valence-electron chi connectivity index (χ2n) is 5.91. The normalized spacial score (nSPS) is 11.2. The molecule has 0 unspecified atom stereocenters. The number of thioether (sulfide) groups is 1. The Morgan fingerprint density at radius 2 is 1.76 bits per heavy atom. The Morgan fingerprint density at radius 1 is 1.14 bits per heavy atom. The van der Waals surface area contributed by atoms with Crippen molar-refractivity contribution in [3.05, 3.63) is 29.8 Å². The van der Waals surface area contributed by atoms with Gasteiger partial charge in [0.2, 0.25) is 0 Å². The summed E-state index contributed by atoms with van der Waals surface area (Å²) in [4.78, 5) is 23.0. The maximum atomic E-state index is 11.7. The Balaban J connectivity index is 2.43. The van der Waals surface area contributed by atoms with Crippen LogP contribution in [-0.4, -0.2) is 22.3 Å². The second kappa shape index (κ2) is 8.23. The van der Waals surface area contributed by atoms with Crippen LogP contribution in [0.25, 0.3) is 0 Å². The van der Waals surface area contributed by atoms with Crippen LogP contribution in [0.5, 0.6) is 5.75 Å². The second-order valence-corrected chi connectivity index (χ2v) is 7.71. The fourth-order valence-corrected chi connectivity index (χ4v) is 2.23. The zero-order chi connectivity index (χ0) is 15.9. The molecule has 0 saturated heterocycles. The van der Waals surface area contributed by atoms with Crippen LogP contribution >= 0.6 is 11.8 Å². The lowest BCUT2D eigenvalue weighted by Gasteiger charge is -2.16. The van der Waals surface area contributed by atoms with Crippen LogP contribution in [0.1, 0.15) is 46.1 Å². The zero-order valence-electron chi connectivity index (χ0n) is 13.3. The number of carbonyl (C=O) groups excluding carboxylic acids is 2. The van der Waals surface area contributed by atoms with Crippen LogP contribution in [0.2, 0.25) is 0 Å². The van der Waals surface area contributed by atoms with E-state index in [1.807, 2.05) is 19.1 Å². The molecule has 0 fully saturated rings. The van der Waals surface area contributed by atoms with Crippen LogP contribution in [0.4, 0.5) is 0 Å². The largest absolute Gasteiger partial charge is 0.426 e. The third-order valence-electron chi connectivity index (χ3n) is 2.86. The molecule has 1 rings (SSSR count). The molecule has 0 aromatic heterocycles. The van der Waals surface area contributed by atoms with Gasteiger partial charge in [-0.1, -0.05) is 39.8 Å².